The predicted octanol–water partition coefficient (Wildman–Crippen LogP) is 1.57. The van der Waals surface area contributed by atoms with Crippen LogP contribution in [0, 0.1) is 0 Å². The van der Waals surface area contributed by atoms with E-state index in [1.54, 1.807) is 7.11 Å². The monoisotopic (exact) mass is 192 g/mol. The van der Waals surface area contributed by atoms with E-state index in [0.29, 0.717) is 0 Å². The van der Waals surface area contributed by atoms with Crippen LogP contribution >= 0.6 is 0 Å². The van der Waals surface area contributed by atoms with Gasteiger partial charge in [0.1, 0.15) is 0 Å². The summed E-state index contributed by atoms with van der Waals surface area (Å²) < 4.78 is 5.34. The van der Waals surface area contributed by atoms with E-state index in [0.717, 1.165) is 12.1 Å². The second-order valence-corrected chi connectivity index (χ2v) is 10.9. The summed E-state index contributed by atoms with van der Waals surface area (Å²) in [5, 5.41) is 0. The van der Waals surface area contributed by atoms with Gasteiger partial charge in [0.2, 0.25) is 0 Å². The second-order valence-electron chi connectivity index (χ2n) is 3.62. The van der Waals surface area contributed by atoms with Gasteiger partial charge in [-0.05, 0) is 31.2 Å². The van der Waals surface area contributed by atoms with Crippen LogP contribution in [0.5, 0.6) is 0 Å². The highest BCUT2D eigenvalue weighted by Crippen LogP contribution is 2.12. The van der Waals surface area contributed by atoms with Crippen molar-refractivity contribution >= 4 is 17.4 Å². The van der Waals surface area contributed by atoms with Crippen LogP contribution in [0.3, 0.4) is 0 Å². The van der Waals surface area contributed by atoms with Crippen LogP contribution in [0.4, 0.5) is 0 Å². The van der Waals surface area contributed by atoms with E-state index in [1.807, 2.05) is 13.1 Å². The highest BCUT2D eigenvalue weighted by atomic mass is 28.4. The average molecular weight is 192 g/mol. The maximum Gasteiger partial charge on any atom is 0.182 e. The Kier molecular flexibility index (Phi) is 5.24. The SMILES string of the molecule is CC[SiH](CC[Si](C)(C)O)OC. The number of hydrogen-bond donors (Lipinski definition) is 1. The van der Waals surface area contributed by atoms with Gasteiger partial charge < -0.3 is 9.22 Å². The molecule has 0 heterocycles. The first-order valence-corrected chi connectivity index (χ1v) is 9.50. The summed E-state index contributed by atoms with van der Waals surface area (Å²) in [7, 11) is -0.917. The van der Waals surface area contributed by atoms with E-state index in [4.69, 9.17) is 4.43 Å². The Labute approximate surface area is 72.4 Å². The molecule has 0 saturated heterocycles. The minimum Gasteiger partial charge on any atom is -0.432 e. The first-order chi connectivity index (χ1) is 4.99. The van der Waals surface area contributed by atoms with Crippen molar-refractivity contribution in [3.8, 4) is 0 Å². The van der Waals surface area contributed by atoms with E-state index in [-0.39, 0.29) is 0 Å². The van der Waals surface area contributed by atoms with Crippen molar-refractivity contribution in [2.45, 2.75) is 38.2 Å². The zero-order valence-corrected chi connectivity index (χ0v) is 10.2. The average Bonchev–Trinajstić information content (AvgIpc) is 1.88. The molecule has 0 aliphatic heterocycles. The third-order valence-corrected chi connectivity index (χ3v) is 6.47. The lowest BCUT2D eigenvalue weighted by Crippen LogP contribution is -2.27. The molecule has 0 aromatic heterocycles. The van der Waals surface area contributed by atoms with Crippen molar-refractivity contribution in [3.63, 3.8) is 0 Å². The molecule has 1 unspecified atom stereocenters. The van der Waals surface area contributed by atoms with Gasteiger partial charge >= 0.3 is 0 Å². The van der Waals surface area contributed by atoms with Gasteiger partial charge in [0, 0.05) is 7.11 Å². The standard InChI is InChI=1S/C7H20O2Si2/c1-5-10(9-2)6-7-11(3,4)8/h8,10H,5-7H2,1-4H3. The molecule has 0 aromatic carbocycles. The Hall–Kier alpha value is 0.354. The summed E-state index contributed by atoms with van der Waals surface area (Å²) in [6.07, 6.45) is 0. The van der Waals surface area contributed by atoms with Crippen molar-refractivity contribution in [2.24, 2.45) is 0 Å². The molecule has 0 radical (unpaired) electrons. The highest BCUT2D eigenvalue weighted by Gasteiger charge is 2.19. The van der Waals surface area contributed by atoms with E-state index < -0.39 is 17.4 Å². The quantitative estimate of drug-likeness (QED) is 0.670. The van der Waals surface area contributed by atoms with Crippen molar-refractivity contribution in [1.82, 2.24) is 0 Å². The maximum absolute atomic E-state index is 9.56. The van der Waals surface area contributed by atoms with Gasteiger partial charge in [-0.2, -0.15) is 0 Å². The first-order valence-electron chi connectivity index (χ1n) is 4.24. The Morgan fingerprint density at radius 3 is 2.27 bits per heavy atom. The van der Waals surface area contributed by atoms with E-state index in [1.165, 1.54) is 6.04 Å². The van der Waals surface area contributed by atoms with E-state index in [2.05, 4.69) is 6.92 Å². The molecule has 68 valence electrons. The Morgan fingerprint density at radius 2 is 2.00 bits per heavy atom. The summed E-state index contributed by atoms with van der Waals surface area (Å²) in [5.74, 6) is 0. The molecular weight excluding hydrogens is 172 g/mol. The zero-order valence-electron chi connectivity index (χ0n) is 8.05. The molecule has 0 rings (SSSR count). The molecular formula is C7H20O2Si2. The van der Waals surface area contributed by atoms with Gasteiger partial charge in [0.05, 0.1) is 0 Å². The summed E-state index contributed by atoms with van der Waals surface area (Å²) in [5.41, 5.74) is 0. The largest absolute Gasteiger partial charge is 0.432 e. The molecule has 0 bridgehead atoms. The van der Waals surface area contributed by atoms with Crippen LogP contribution in [-0.2, 0) is 4.43 Å². The van der Waals surface area contributed by atoms with Crippen LogP contribution in [0.2, 0.25) is 31.2 Å². The van der Waals surface area contributed by atoms with Gasteiger partial charge in [-0.3, -0.25) is 0 Å². The van der Waals surface area contributed by atoms with Crippen LogP contribution in [0.25, 0.3) is 0 Å². The maximum atomic E-state index is 9.56. The molecule has 1 N–H and O–H groups in total. The summed E-state index contributed by atoms with van der Waals surface area (Å²) >= 11 is 0. The van der Waals surface area contributed by atoms with Gasteiger partial charge in [-0.25, -0.2) is 0 Å². The van der Waals surface area contributed by atoms with Gasteiger partial charge in [0.25, 0.3) is 0 Å². The van der Waals surface area contributed by atoms with Crippen molar-refractivity contribution in [3.05, 3.63) is 0 Å². The summed E-state index contributed by atoms with van der Waals surface area (Å²) in [6, 6.07) is 3.33. The normalized spacial score (nSPS) is 15.0. The third kappa shape index (κ3) is 6.74. The lowest BCUT2D eigenvalue weighted by Gasteiger charge is -2.16. The Bertz CT molecular complexity index is 97.1. The molecule has 1 atom stereocenters. The molecule has 0 aromatic rings. The molecule has 0 saturated carbocycles. The molecule has 11 heavy (non-hydrogen) atoms. The molecule has 0 amide bonds. The molecule has 0 aliphatic carbocycles. The Morgan fingerprint density at radius 1 is 1.45 bits per heavy atom. The van der Waals surface area contributed by atoms with Crippen molar-refractivity contribution < 1.29 is 9.22 Å². The summed E-state index contributed by atoms with van der Waals surface area (Å²) in [6.45, 7) is 6.15. The van der Waals surface area contributed by atoms with Gasteiger partial charge in [-0.15, -0.1) is 0 Å². The fourth-order valence-corrected chi connectivity index (χ4v) is 6.09. The zero-order chi connectivity index (χ0) is 8.91. The molecule has 0 fully saturated rings. The summed E-state index contributed by atoms with van der Waals surface area (Å²) in [4.78, 5) is 9.56. The fourth-order valence-electron chi connectivity index (χ4n) is 1.00. The van der Waals surface area contributed by atoms with Gasteiger partial charge in [0.15, 0.2) is 17.4 Å². The van der Waals surface area contributed by atoms with Gasteiger partial charge in [-0.1, -0.05) is 6.92 Å². The van der Waals surface area contributed by atoms with E-state index >= 15 is 0 Å². The molecule has 0 aliphatic rings. The number of hydrogen-bond acceptors (Lipinski definition) is 2. The van der Waals surface area contributed by atoms with Crippen LogP contribution < -0.4 is 0 Å². The van der Waals surface area contributed by atoms with E-state index in [9.17, 15) is 4.80 Å². The fraction of sp³-hybridized carbons (Fsp3) is 1.00. The number of rotatable bonds is 5. The molecule has 0 spiro atoms. The van der Waals surface area contributed by atoms with Crippen molar-refractivity contribution in [1.29, 1.82) is 0 Å². The smallest absolute Gasteiger partial charge is 0.182 e. The van der Waals surface area contributed by atoms with Crippen molar-refractivity contribution in [2.75, 3.05) is 7.11 Å². The first kappa shape index (κ1) is 11.4. The topological polar surface area (TPSA) is 29.5 Å². The lowest BCUT2D eigenvalue weighted by atomic mass is 10.9. The minimum atomic E-state index is -1.80. The Balaban J connectivity index is 3.51. The molecule has 2 nitrogen and oxygen atoms in total. The molecule has 4 heteroatoms. The lowest BCUT2D eigenvalue weighted by molar-refractivity contribution is 0.419. The van der Waals surface area contributed by atoms with Crippen LogP contribution in [0.15, 0.2) is 0 Å². The minimum absolute atomic E-state index is 0.917. The highest BCUT2D eigenvalue weighted by molar-refractivity contribution is 6.71. The third-order valence-electron chi connectivity index (χ3n) is 1.87. The van der Waals surface area contributed by atoms with Crippen LogP contribution in [0.1, 0.15) is 6.92 Å². The second kappa shape index (κ2) is 5.08. The van der Waals surface area contributed by atoms with Crippen LogP contribution in [-0.4, -0.2) is 29.3 Å². The predicted molar refractivity (Wildman–Crippen MR) is 54.0 cm³/mol.